The summed E-state index contributed by atoms with van der Waals surface area (Å²) >= 11 is 0. The molecule has 114 valence electrons. The number of rotatable bonds is 3. The van der Waals surface area contributed by atoms with Crippen LogP contribution in [0.25, 0.3) is 5.65 Å². The molecule has 8 nitrogen and oxygen atoms in total. The predicted octanol–water partition coefficient (Wildman–Crippen LogP) is -0.823. The number of hydrogen-bond acceptors (Lipinski definition) is 7. The van der Waals surface area contributed by atoms with Gasteiger partial charge >= 0.3 is 0 Å². The lowest BCUT2D eigenvalue weighted by Crippen LogP contribution is -2.47. The monoisotopic (exact) mass is 301 g/mol. The van der Waals surface area contributed by atoms with Crippen LogP contribution in [0.2, 0.25) is 0 Å². The molecule has 10 heteroatoms. The summed E-state index contributed by atoms with van der Waals surface area (Å²) in [5.74, 6) is 0.0871. The van der Waals surface area contributed by atoms with E-state index in [9.17, 15) is 19.0 Å². The minimum absolute atomic E-state index is 0.0871. The lowest BCUT2D eigenvalue weighted by Gasteiger charge is -2.25. The molecule has 1 aliphatic heterocycles. The molecule has 0 spiro atoms. The van der Waals surface area contributed by atoms with Crippen molar-refractivity contribution in [2.24, 2.45) is 0 Å². The third-order valence-corrected chi connectivity index (χ3v) is 3.63. The Morgan fingerprint density at radius 3 is 2.86 bits per heavy atom. The maximum atomic E-state index is 14.3. The van der Waals surface area contributed by atoms with Crippen LogP contribution in [0.1, 0.15) is 11.8 Å². The molecule has 3 heterocycles. The molecule has 0 aliphatic carbocycles. The number of aliphatic hydroxyl groups is 2. The molecule has 2 aromatic rings. The molecule has 0 bridgehead atoms. The number of anilines is 1. The molecular formula is C11H13F2N5O3. The van der Waals surface area contributed by atoms with E-state index in [1.807, 2.05) is 0 Å². The highest BCUT2D eigenvalue weighted by atomic mass is 19.1. The number of hydrogen-bond donors (Lipinski definition) is 3. The molecule has 4 N–H and O–H groups in total. The molecule has 2 aromatic heterocycles. The molecule has 3 rings (SSSR count). The zero-order valence-electron chi connectivity index (χ0n) is 10.7. The second kappa shape index (κ2) is 4.83. The zero-order chi connectivity index (χ0) is 15.2. The molecule has 0 amide bonds. The number of nitrogens with zero attached hydrogens (tertiary/aromatic N) is 4. The SMILES string of the molecule is Nc1ncnn2c([C@@H]3O[C@@](CO)(CF)[C@@H](O)[C@H]3F)cnc12. The van der Waals surface area contributed by atoms with Gasteiger partial charge in [-0.15, -0.1) is 0 Å². The van der Waals surface area contributed by atoms with Crippen molar-refractivity contribution >= 4 is 11.5 Å². The highest BCUT2D eigenvalue weighted by Crippen LogP contribution is 2.42. The maximum absolute atomic E-state index is 14.3. The third-order valence-electron chi connectivity index (χ3n) is 3.63. The summed E-state index contributed by atoms with van der Waals surface area (Å²) in [6.45, 7) is -2.08. The standard InChI is InChI=1S/C11H13F2N5O3/c12-2-11(3-19)8(20)6(13)7(21-11)5-1-15-10-9(14)16-4-17-18(5)10/h1,4,6-8,19-20H,2-3H2,(H2,14,16,17)/t6-,7-,8-,11+/m0/s1. The lowest BCUT2D eigenvalue weighted by molar-refractivity contribution is -0.123. The fraction of sp³-hybridized carbons (Fsp3) is 0.545. The Hall–Kier alpha value is -1.91. The van der Waals surface area contributed by atoms with E-state index in [2.05, 4.69) is 15.1 Å². The quantitative estimate of drug-likeness (QED) is 0.677. The summed E-state index contributed by atoms with van der Waals surface area (Å²) in [5, 5.41) is 22.9. The molecule has 1 saturated heterocycles. The summed E-state index contributed by atoms with van der Waals surface area (Å²) < 4.78 is 33.8. The number of ether oxygens (including phenoxy) is 1. The van der Waals surface area contributed by atoms with Gasteiger partial charge in [-0.2, -0.15) is 5.10 Å². The highest BCUT2D eigenvalue weighted by Gasteiger charge is 2.56. The Kier molecular flexibility index (Phi) is 3.23. The predicted molar refractivity (Wildman–Crippen MR) is 65.7 cm³/mol. The van der Waals surface area contributed by atoms with Gasteiger partial charge in [0.05, 0.1) is 18.5 Å². The summed E-state index contributed by atoms with van der Waals surface area (Å²) in [4.78, 5) is 7.69. The first-order chi connectivity index (χ1) is 10.0. The van der Waals surface area contributed by atoms with Gasteiger partial charge < -0.3 is 20.7 Å². The van der Waals surface area contributed by atoms with Crippen LogP contribution in [-0.2, 0) is 4.74 Å². The summed E-state index contributed by atoms with van der Waals surface area (Å²) in [7, 11) is 0. The number of alkyl halides is 2. The van der Waals surface area contributed by atoms with Crippen molar-refractivity contribution in [3.8, 4) is 0 Å². The molecule has 0 aromatic carbocycles. The fourth-order valence-corrected chi connectivity index (χ4v) is 2.40. The van der Waals surface area contributed by atoms with Crippen LogP contribution in [0.5, 0.6) is 0 Å². The highest BCUT2D eigenvalue weighted by molar-refractivity contribution is 5.58. The molecule has 4 atom stereocenters. The van der Waals surface area contributed by atoms with Gasteiger partial charge in [0.1, 0.15) is 30.8 Å². The first-order valence-corrected chi connectivity index (χ1v) is 6.15. The number of nitrogen functional groups attached to an aromatic ring is 1. The second-order valence-electron chi connectivity index (χ2n) is 4.85. The average molecular weight is 301 g/mol. The van der Waals surface area contributed by atoms with Crippen LogP contribution < -0.4 is 5.73 Å². The Bertz CT molecular complexity index is 662. The van der Waals surface area contributed by atoms with Crippen LogP contribution >= 0.6 is 0 Å². The van der Waals surface area contributed by atoms with Crippen molar-refractivity contribution < 1.29 is 23.7 Å². The number of aromatic nitrogens is 4. The fourth-order valence-electron chi connectivity index (χ4n) is 2.40. The Labute approximate surface area is 117 Å². The Morgan fingerprint density at radius 1 is 1.48 bits per heavy atom. The van der Waals surface area contributed by atoms with E-state index < -0.39 is 37.3 Å². The smallest absolute Gasteiger partial charge is 0.196 e. The van der Waals surface area contributed by atoms with E-state index in [1.54, 1.807) is 0 Å². The third kappa shape index (κ3) is 1.87. The van der Waals surface area contributed by atoms with Crippen LogP contribution in [0.4, 0.5) is 14.6 Å². The first kappa shape index (κ1) is 14.0. The van der Waals surface area contributed by atoms with Gasteiger partial charge in [-0.1, -0.05) is 0 Å². The van der Waals surface area contributed by atoms with Crippen LogP contribution in [0.3, 0.4) is 0 Å². The minimum Gasteiger partial charge on any atom is -0.393 e. The summed E-state index contributed by atoms with van der Waals surface area (Å²) in [6.07, 6.45) is -2.66. The topological polar surface area (TPSA) is 119 Å². The van der Waals surface area contributed by atoms with Gasteiger partial charge in [0.15, 0.2) is 17.6 Å². The number of fused-ring (bicyclic) bond motifs is 1. The maximum Gasteiger partial charge on any atom is 0.196 e. The largest absolute Gasteiger partial charge is 0.393 e. The van der Waals surface area contributed by atoms with Gasteiger partial charge in [0.2, 0.25) is 0 Å². The average Bonchev–Trinajstić information content (AvgIpc) is 3.02. The van der Waals surface area contributed by atoms with E-state index in [0.717, 1.165) is 6.33 Å². The molecule has 0 saturated carbocycles. The van der Waals surface area contributed by atoms with E-state index in [-0.39, 0.29) is 17.2 Å². The minimum atomic E-state index is -1.99. The van der Waals surface area contributed by atoms with Gasteiger partial charge in [0, 0.05) is 0 Å². The van der Waals surface area contributed by atoms with Crippen molar-refractivity contribution in [2.75, 3.05) is 19.0 Å². The second-order valence-corrected chi connectivity index (χ2v) is 4.85. The molecule has 0 radical (unpaired) electrons. The van der Waals surface area contributed by atoms with Crippen molar-refractivity contribution in [1.82, 2.24) is 19.6 Å². The van der Waals surface area contributed by atoms with Gasteiger partial charge in [-0.05, 0) is 0 Å². The Morgan fingerprint density at radius 2 is 2.24 bits per heavy atom. The van der Waals surface area contributed by atoms with Crippen molar-refractivity contribution in [1.29, 1.82) is 0 Å². The van der Waals surface area contributed by atoms with Gasteiger partial charge in [-0.25, -0.2) is 23.3 Å². The number of nitrogens with two attached hydrogens (primary N) is 1. The van der Waals surface area contributed by atoms with Crippen LogP contribution in [-0.4, -0.2) is 61.0 Å². The molecular weight excluding hydrogens is 288 g/mol. The van der Waals surface area contributed by atoms with E-state index in [1.165, 1.54) is 10.7 Å². The van der Waals surface area contributed by atoms with Gasteiger partial charge in [0.25, 0.3) is 0 Å². The van der Waals surface area contributed by atoms with Crippen molar-refractivity contribution in [2.45, 2.75) is 24.0 Å². The van der Waals surface area contributed by atoms with E-state index in [4.69, 9.17) is 10.5 Å². The summed E-state index contributed by atoms with van der Waals surface area (Å²) in [5.41, 5.74) is 3.97. The normalized spacial score (nSPS) is 32.9. The molecule has 21 heavy (non-hydrogen) atoms. The molecule has 1 aliphatic rings. The number of imidazole rings is 1. The van der Waals surface area contributed by atoms with E-state index >= 15 is 0 Å². The number of aliphatic hydroxyl groups excluding tert-OH is 2. The molecule has 1 fully saturated rings. The zero-order valence-corrected chi connectivity index (χ0v) is 10.7. The number of halogens is 2. The van der Waals surface area contributed by atoms with Gasteiger partial charge in [-0.3, -0.25) is 0 Å². The lowest BCUT2D eigenvalue weighted by atomic mass is 9.97. The van der Waals surface area contributed by atoms with Crippen molar-refractivity contribution in [3.05, 3.63) is 18.2 Å². The first-order valence-electron chi connectivity index (χ1n) is 6.15. The Balaban J connectivity index is 2.06. The van der Waals surface area contributed by atoms with E-state index in [0.29, 0.717) is 0 Å². The van der Waals surface area contributed by atoms with Crippen molar-refractivity contribution in [3.63, 3.8) is 0 Å². The van der Waals surface area contributed by atoms with Crippen LogP contribution in [0.15, 0.2) is 12.5 Å². The van der Waals surface area contributed by atoms with Crippen LogP contribution in [0, 0.1) is 0 Å². The molecule has 0 unspecified atom stereocenters. The summed E-state index contributed by atoms with van der Waals surface area (Å²) in [6, 6.07) is 0.